The Morgan fingerprint density at radius 2 is 2.18 bits per heavy atom. The molecule has 0 aliphatic heterocycles. The molecule has 0 aliphatic rings. The highest BCUT2D eigenvalue weighted by atomic mass is 32.1. The Morgan fingerprint density at radius 3 is 2.86 bits per heavy atom. The number of rotatable bonds is 6. The zero-order valence-corrected chi connectivity index (χ0v) is 13.7. The van der Waals surface area contributed by atoms with Gasteiger partial charge in [0, 0.05) is 13.5 Å². The van der Waals surface area contributed by atoms with Crippen molar-refractivity contribution in [3.63, 3.8) is 0 Å². The highest BCUT2D eigenvalue weighted by Gasteiger charge is 2.18. The Bertz CT molecular complexity index is 766. The topological polar surface area (TPSA) is 60.2 Å². The van der Waals surface area contributed by atoms with Gasteiger partial charge in [-0.15, -0.1) is 11.3 Å². The van der Waals surface area contributed by atoms with E-state index in [9.17, 15) is 0 Å². The molecule has 0 amide bonds. The van der Waals surface area contributed by atoms with Gasteiger partial charge in [-0.05, 0) is 30.5 Å². The fourth-order valence-electron chi connectivity index (χ4n) is 2.34. The third-order valence-corrected chi connectivity index (χ3v) is 4.24. The number of aryl methyl sites for hydroxylation is 2. The summed E-state index contributed by atoms with van der Waals surface area (Å²) in [6.45, 7) is 4.50. The summed E-state index contributed by atoms with van der Waals surface area (Å²) in [7, 11) is 1.68. The van der Waals surface area contributed by atoms with E-state index < -0.39 is 0 Å². The Kier molecular flexibility index (Phi) is 4.40. The number of fused-ring (bicyclic) bond motifs is 1. The largest absolute Gasteiger partial charge is 0.464 e. The number of nitrogens with zero attached hydrogens (tertiary/aromatic N) is 2. The van der Waals surface area contributed by atoms with Gasteiger partial charge in [0.15, 0.2) is 0 Å². The van der Waals surface area contributed by atoms with E-state index in [1.165, 1.54) is 0 Å². The summed E-state index contributed by atoms with van der Waals surface area (Å²) in [6.07, 6.45) is 0.803. The molecule has 6 heteroatoms. The number of thiophene rings is 1. The number of methoxy groups -OCH3 is 1. The van der Waals surface area contributed by atoms with E-state index in [-0.39, 0.29) is 6.04 Å². The lowest BCUT2D eigenvalue weighted by atomic mass is 10.2. The quantitative estimate of drug-likeness (QED) is 0.746. The van der Waals surface area contributed by atoms with Gasteiger partial charge in [-0.3, -0.25) is 0 Å². The van der Waals surface area contributed by atoms with Crippen molar-refractivity contribution in [3.8, 4) is 0 Å². The minimum atomic E-state index is -0.0820. The average molecular weight is 317 g/mol. The smallest absolute Gasteiger partial charge is 0.139 e. The first-order chi connectivity index (χ1) is 10.7. The normalized spacial score (nSPS) is 12.7. The second-order valence-electron chi connectivity index (χ2n) is 5.08. The van der Waals surface area contributed by atoms with Crippen LogP contribution in [0, 0.1) is 6.92 Å². The van der Waals surface area contributed by atoms with Crippen LogP contribution in [0.15, 0.2) is 28.0 Å². The summed E-state index contributed by atoms with van der Waals surface area (Å²) in [5.74, 6) is 3.40. The molecule has 0 radical (unpaired) electrons. The Morgan fingerprint density at radius 1 is 1.32 bits per heavy atom. The molecular weight excluding hydrogens is 298 g/mol. The molecule has 5 nitrogen and oxygen atoms in total. The van der Waals surface area contributed by atoms with E-state index in [2.05, 4.69) is 22.2 Å². The van der Waals surface area contributed by atoms with Crippen LogP contribution in [0.4, 0.5) is 5.82 Å². The maximum absolute atomic E-state index is 5.74. The van der Waals surface area contributed by atoms with Gasteiger partial charge in [-0.1, -0.05) is 6.92 Å². The standard InChI is InChI=1S/C16H19N3O2S/c1-4-14-18-15(11-7-8-22-16(11)19-14)17-12(9-20-3)13-6-5-10(2)21-13/h5-8,12H,4,9H2,1-3H3,(H,17,18,19). The first-order valence-electron chi connectivity index (χ1n) is 7.27. The van der Waals surface area contributed by atoms with Crippen LogP contribution in [0.5, 0.6) is 0 Å². The van der Waals surface area contributed by atoms with Crippen LogP contribution < -0.4 is 5.32 Å². The van der Waals surface area contributed by atoms with E-state index in [0.717, 1.165) is 39.8 Å². The van der Waals surface area contributed by atoms with Gasteiger partial charge < -0.3 is 14.5 Å². The average Bonchev–Trinajstić information content (AvgIpc) is 3.15. The predicted octanol–water partition coefficient (Wildman–Crippen LogP) is 3.95. The summed E-state index contributed by atoms with van der Waals surface area (Å²) in [5, 5.41) is 6.52. The molecule has 0 aromatic carbocycles. The molecular formula is C16H19N3O2S. The van der Waals surface area contributed by atoms with E-state index >= 15 is 0 Å². The SMILES string of the molecule is CCc1nc(NC(COC)c2ccc(C)o2)c2ccsc2n1. The second kappa shape index (κ2) is 6.46. The highest BCUT2D eigenvalue weighted by molar-refractivity contribution is 7.16. The number of nitrogens with one attached hydrogen (secondary N) is 1. The summed E-state index contributed by atoms with van der Waals surface area (Å²) in [4.78, 5) is 10.2. The minimum absolute atomic E-state index is 0.0820. The maximum atomic E-state index is 5.74. The van der Waals surface area contributed by atoms with E-state index in [0.29, 0.717) is 6.61 Å². The Labute approximate surface area is 133 Å². The molecule has 1 atom stereocenters. The van der Waals surface area contributed by atoms with Gasteiger partial charge in [0.1, 0.15) is 34.0 Å². The number of aromatic nitrogens is 2. The van der Waals surface area contributed by atoms with Crippen LogP contribution in [0.1, 0.15) is 30.3 Å². The van der Waals surface area contributed by atoms with Crippen LogP contribution in [-0.4, -0.2) is 23.7 Å². The van der Waals surface area contributed by atoms with Crippen molar-refractivity contribution in [2.75, 3.05) is 19.0 Å². The third kappa shape index (κ3) is 2.98. The van der Waals surface area contributed by atoms with Crippen molar-refractivity contribution in [1.82, 2.24) is 9.97 Å². The van der Waals surface area contributed by atoms with Gasteiger partial charge in [0.2, 0.25) is 0 Å². The summed E-state index contributed by atoms with van der Waals surface area (Å²) < 4.78 is 11.1. The molecule has 116 valence electrons. The second-order valence-corrected chi connectivity index (χ2v) is 5.98. The summed E-state index contributed by atoms with van der Waals surface area (Å²) in [5.41, 5.74) is 0. The molecule has 3 heterocycles. The minimum Gasteiger partial charge on any atom is -0.464 e. The lowest BCUT2D eigenvalue weighted by Gasteiger charge is -2.17. The summed E-state index contributed by atoms with van der Waals surface area (Å²) >= 11 is 1.63. The lowest BCUT2D eigenvalue weighted by Crippen LogP contribution is -2.17. The van der Waals surface area contributed by atoms with Gasteiger partial charge in [0.05, 0.1) is 12.0 Å². The first kappa shape index (κ1) is 15.0. The van der Waals surface area contributed by atoms with Gasteiger partial charge in [-0.2, -0.15) is 0 Å². The molecule has 3 aromatic rings. The molecule has 0 saturated heterocycles. The summed E-state index contributed by atoms with van der Waals surface area (Å²) in [6, 6.07) is 5.89. The predicted molar refractivity (Wildman–Crippen MR) is 88.5 cm³/mol. The third-order valence-electron chi connectivity index (χ3n) is 3.44. The van der Waals surface area contributed by atoms with Crippen molar-refractivity contribution >= 4 is 27.4 Å². The molecule has 0 bridgehead atoms. The van der Waals surface area contributed by atoms with Gasteiger partial charge >= 0.3 is 0 Å². The molecule has 0 aliphatic carbocycles. The zero-order chi connectivity index (χ0) is 15.5. The van der Waals surface area contributed by atoms with Crippen molar-refractivity contribution in [1.29, 1.82) is 0 Å². The fraction of sp³-hybridized carbons (Fsp3) is 0.375. The van der Waals surface area contributed by atoms with Crippen LogP contribution in [0.25, 0.3) is 10.2 Å². The zero-order valence-electron chi connectivity index (χ0n) is 12.9. The Balaban J connectivity index is 1.97. The number of anilines is 1. The van der Waals surface area contributed by atoms with Gasteiger partial charge in [-0.25, -0.2) is 9.97 Å². The van der Waals surface area contributed by atoms with E-state index in [4.69, 9.17) is 9.15 Å². The van der Waals surface area contributed by atoms with Gasteiger partial charge in [0.25, 0.3) is 0 Å². The van der Waals surface area contributed by atoms with Crippen molar-refractivity contribution in [3.05, 3.63) is 40.9 Å². The lowest BCUT2D eigenvalue weighted by molar-refractivity contribution is 0.178. The van der Waals surface area contributed by atoms with Crippen molar-refractivity contribution in [2.24, 2.45) is 0 Å². The van der Waals surface area contributed by atoms with Crippen LogP contribution in [-0.2, 0) is 11.2 Å². The molecule has 22 heavy (non-hydrogen) atoms. The van der Waals surface area contributed by atoms with Crippen molar-refractivity contribution in [2.45, 2.75) is 26.3 Å². The van der Waals surface area contributed by atoms with Crippen molar-refractivity contribution < 1.29 is 9.15 Å². The van der Waals surface area contributed by atoms with Crippen LogP contribution in [0.3, 0.4) is 0 Å². The number of ether oxygens (including phenoxy) is 1. The van der Waals surface area contributed by atoms with E-state index in [1.807, 2.05) is 30.5 Å². The molecule has 0 spiro atoms. The maximum Gasteiger partial charge on any atom is 0.139 e. The monoisotopic (exact) mass is 317 g/mol. The van der Waals surface area contributed by atoms with Crippen LogP contribution in [0.2, 0.25) is 0 Å². The molecule has 3 rings (SSSR count). The number of furan rings is 1. The molecule has 0 saturated carbocycles. The van der Waals surface area contributed by atoms with E-state index in [1.54, 1.807) is 18.4 Å². The number of hydrogen-bond acceptors (Lipinski definition) is 6. The Hall–Kier alpha value is -1.92. The molecule has 0 fully saturated rings. The molecule has 3 aromatic heterocycles. The van der Waals surface area contributed by atoms with Crippen LogP contribution >= 0.6 is 11.3 Å². The fourth-order valence-corrected chi connectivity index (χ4v) is 3.12. The molecule has 1 N–H and O–H groups in total. The first-order valence-corrected chi connectivity index (χ1v) is 8.15. The number of hydrogen-bond donors (Lipinski definition) is 1. The molecule has 1 unspecified atom stereocenters. The highest BCUT2D eigenvalue weighted by Crippen LogP contribution is 2.29.